The minimum Gasteiger partial charge on any atom is -0.374 e. The lowest BCUT2D eigenvalue weighted by molar-refractivity contribution is 0.521. The van der Waals surface area contributed by atoms with Crippen LogP contribution in [0.15, 0.2) is 16.5 Å². The van der Waals surface area contributed by atoms with E-state index in [9.17, 15) is 8.42 Å². The quantitative estimate of drug-likeness (QED) is 0.771. The van der Waals surface area contributed by atoms with Crippen molar-refractivity contribution >= 4 is 26.5 Å². The maximum absolute atomic E-state index is 11.8. The Morgan fingerprint density at radius 3 is 2.81 bits per heavy atom. The molecule has 0 saturated carbocycles. The van der Waals surface area contributed by atoms with Crippen LogP contribution in [-0.2, 0) is 10.0 Å². The fraction of sp³-hybridized carbons (Fsp3) is 0.500. The van der Waals surface area contributed by atoms with Gasteiger partial charge in [-0.25, -0.2) is 13.1 Å². The van der Waals surface area contributed by atoms with Crippen LogP contribution in [0.1, 0.15) is 19.3 Å². The Morgan fingerprint density at radius 2 is 2.25 bits per heavy atom. The Labute approximate surface area is 97.6 Å². The molecule has 0 saturated heterocycles. The number of allylic oxidation sites excluding steroid dienone is 1. The highest BCUT2D eigenvalue weighted by molar-refractivity contribution is 7.91. The van der Waals surface area contributed by atoms with Gasteiger partial charge in [-0.15, -0.1) is 10.2 Å². The van der Waals surface area contributed by atoms with Gasteiger partial charge in [-0.1, -0.05) is 23.5 Å². The number of hydrogen-bond donors (Lipinski definition) is 2. The highest BCUT2D eigenvalue weighted by atomic mass is 32.2. The van der Waals surface area contributed by atoms with Gasteiger partial charge in [0.2, 0.25) is 9.47 Å². The Hall–Kier alpha value is -0.990. The van der Waals surface area contributed by atoms with E-state index in [4.69, 9.17) is 5.73 Å². The molecule has 0 spiro atoms. The summed E-state index contributed by atoms with van der Waals surface area (Å²) in [4.78, 5) is 0. The first-order valence-electron chi connectivity index (χ1n) is 4.84. The number of nitrogens with two attached hydrogens (primary N) is 1. The number of sulfonamides is 1. The maximum atomic E-state index is 11.8. The van der Waals surface area contributed by atoms with E-state index in [1.807, 2.05) is 12.2 Å². The van der Waals surface area contributed by atoms with Crippen molar-refractivity contribution in [2.24, 2.45) is 0 Å². The third-order valence-electron chi connectivity index (χ3n) is 2.24. The second kappa shape index (κ2) is 4.48. The molecule has 0 radical (unpaired) electrons. The van der Waals surface area contributed by atoms with E-state index >= 15 is 0 Å². The van der Waals surface area contributed by atoms with E-state index in [0.717, 1.165) is 24.2 Å². The SMILES string of the molecule is Nc1nnc(S(=O)(=O)NC2CC=CCC2)s1. The van der Waals surface area contributed by atoms with E-state index in [1.165, 1.54) is 0 Å². The molecule has 8 heteroatoms. The Kier molecular flexibility index (Phi) is 3.22. The first-order chi connectivity index (χ1) is 7.58. The lowest BCUT2D eigenvalue weighted by Gasteiger charge is -2.17. The molecule has 0 amide bonds. The van der Waals surface area contributed by atoms with Gasteiger partial charge in [-0.2, -0.15) is 0 Å². The smallest absolute Gasteiger partial charge is 0.270 e. The van der Waals surface area contributed by atoms with E-state index in [1.54, 1.807) is 0 Å². The zero-order chi connectivity index (χ0) is 11.6. The van der Waals surface area contributed by atoms with E-state index in [0.29, 0.717) is 6.42 Å². The number of aromatic nitrogens is 2. The molecule has 0 bridgehead atoms. The number of nitrogen functional groups attached to an aromatic ring is 1. The largest absolute Gasteiger partial charge is 0.374 e. The fourth-order valence-corrected chi connectivity index (χ4v) is 3.58. The molecule has 88 valence electrons. The number of nitrogens with zero attached hydrogens (tertiary/aromatic N) is 2. The number of nitrogens with one attached hydrogen (secondary N) is 1. The first kappa shape index (κ1) is 11.5. The van der Waals surface area contributed by atoms with E-state index < -0.39 is 10.0 Å². The summed E-state index contributed by atoms with van der Waals surface area (Å²) < 4.78 is 26.2. The zero-order valence-corrected chi connectivity index (χ0v) is 10.1. The topological polar surface area (TPSA) is 98.0 Å². The molecule has 1 aromatic heterocycles. The van der Waals surface area contributed by atoms with Gasteiger partial charge in [-0.3, -0.25) is 0 Å². The normalized spacial score (nSPS) is 21.1. The van der Waals surface area contributed by atoms with Gasteiger partial charge in [-0.05, 0) is 19.3 Å². The first-order valence-corrected chi connectivity index (χ1v) is 7.14. The molecule has 1 aliphatic rings. The summed E-state index contributed by atoms with van der Waals surface area (Å²) in [6, 6.07) is -0.0554. The van der Waals surface area contributed by atoms with Crippen LogP contribution in [0.4, 0.5) is 5.13 Å². The van der Waals surface area contributed by atoms with Gasteiger partial charge >= 0.3 is 0 Å². The Balaban J connectivity index is 2.11. The molecular formula is C8H12N4O2S2. The molecule has 0 aliphatic heterocycles. The van der Waals surface area contributed by atoms with E-state index in [2.05, 4.69) is 14.9 Å². The average Bonchev–Trinajstić information content (AvgIpc) is 2.66. The number of rotatable bonds is 3. The molecule has 3 N–H and O–H groups in total. The lowest BCUT2D eigenvalue weighted by Crippen LogP contribution is -2.35. The third-order valence-corrected chi connectivity index (χ3v) is 4.88. The van der Waals surface area contributed by atoms with Crippen LogP contribution in [0.3, 0.4) is 0 Å². The van der Waals surface area contributed by atoms with Crippen LogP contribution in [0.5, 0.6) is 0 Å². The molecule has 0 aromatic carbocycles. The molecule has 0 fully saturated rings. The maximum Gasteiger partial charge on any atom is 0.270 e. The van der Waals surface area contributed by atoms with Crippen molar-refractivity contribution in [3.8, 4) is 0 Å². The highest BCUT2D eigenvalue weighted by Crippen LogP contribution is 2.19. The summed E-state index contributed by atoms with van der Waals surface area (Å²) in [5.41, 5.74) is 5.35. The Bertz CT molecular complexity index is 494. The van der Waals surface area contributed by atoms with Gasteiger partial charge in [0.25, 0.3) is 10.0 Å². The van der Waals surface area contributed by atoms with Crippen LogP contribution in [-0.4, -0.2) is 24.7 Å². The van der Waals surface area contributed by atoms with Crippen molar-refractivity contribution in [3.05, 3.63) is 12.2 Å². The van der Waals surface area contributed by atoms with Crippen molar-refractivity contribution < 1.29 is 8.42 Å². The van der Waals surface area contributed by atoms with Crippen LogP contribution in [0, 0.1) is 0 Å². The monoisotopic (exact) mass is 260 g/mol. The van der Waals surface area contributed by atoms with Gasteiger partial charge in [0.05, 0.1) is 0 Å². The average molecular weight is 260 g/mol. The summed E-state index contributed by atoms with van der Waals surface area (Å²) >= 11 is 0.870. The van der Waals surface area contributed by atoms with Crippen molar-refractivity contribution in [2.45, 2.75) is 29.6 Å². The number of anilines is 1. The predicted molar refractivity (Wildman–Crippen MR) is 61.4 cm³/mol. The van der Waals surface area contributed by atoms with Gasteiger partial charge in [0, 0.05) is 6.04 Å². The molecule has 1 aromatic rings. The van der Waals surface area contributed by atoms with Crippen LogP contribution < -0.4 is 10.5 Å². The number of hydrogen-bond acceptors (Lipinski definition) is 6. The summed E-state index contributed by atoms with van der Waals surface area (Å²) in [6.07, 6.45) is 6.45. The minimum absolute atomic E-state index is 0.0554. The molecule has 1 aliphatic carbocycles. The molecule has 1 atom stereocenters. The lowest BCUT2D eigenvalue weighted by atomic mass is 10.0. The second-order valence-corrected chi connectivity index (χ2v) is 6.41. The molecule has 1 heterocycles. The fourth-order valence-electron chi connectivity index (χ4n) is 1.50. The molecule has 16 heavy (non-hydrogen) atoms. The molecule has 2 rings (SSSR count). The minimum atomic E-state index is -3.56. The van der Waals surface area contributed by atoms with Gasteiger partial charge in [0.1, 0.15) is 0 Å². The predicted octanol–water partition coefficient (Wildman–Crippen LogP) is 0.507. The van der Waals surface area contributed by atoms with Crippen LogP contribution >= 0.6 is 11.3 Å². The van der Waals surface area contributed by atoms with Crippen molar-refractivity contribution in [1.82, 2.24) is 14.9 Å². The van der Waals surface area contributed by atoms with E-state index in [-0.39, 0.29) is 15.5 Å². The Morgan fingerprint density at radius 1 is 1.44 bits per heavy atom. The van der Waals surface area contributed by atoms with Crippen molar-refractivity contribution in [2.75, 3.05) is 5.73 Å². The van der Waals surface area contributed by atoms with Crippen molar-refractivity contribution in [1.29, 1.82) is 0 Å². The zero-order valence-electron chi connectivity index (χ0n) is 8.46. The van der Waals surface area contributed by atoms with Crippen LogP contribution in [0.25, 0.3) is 0 Å². The molecule has 1 unspecified atom stereocenters. The third kappa shape index (κ3) is 2.57. The summed E-state index contributed by atoms with van der Waals surface area (Å²) in [6.45, 7) is 0. The van der Waals surface area contributed by atoms with Gasteiger partial charge < -0.3 is 5.73 Å². The highest BCUT2D eigenvalue weighted by Gasteiger charge is 2.23. The molecular weight excluding hydrogens is 248 g/mol. The van der Waals surface area contributed by atoms with Crippen LogP contribution in [0.2, 0.25) is 0 Å². The summed E-state index contributed by atoms with van der Waals surface area (Å²) in [5.74, 6) is 0. The summed E-state index contributed by atoms with van der Waals surface area (Å²) in [7, 11) is -3.56. The summed E-state index contributed by atoms with van der Waals surface area (Å²) in [5, 5.41) is 7.17. The van der Waals surface area contributed by atoms with Gasteiger partial charge in [0.15, 0.2) is 0 Å². The standard InChI is InChI=1S/C8H12N4O2S2/c9-7-10-11-8(15-7)16(13,14)12-6-4-2-1-3-5-6/h1-2,6,12H,3-5H2,(H2,9,10). The second-order valence-electron chi connectivity index (χ2n) is 3.51. The molecule has 6 nitrogen and oxygen atoms in total. The van der Waals surface area contributed by atoms with Crippen molar-refractivity contribution in [3.63, 3.8) is 0 Å².